The van der Waals surface area contributed by atoms with Gasteiger partial charge in [-0.1, -0.05) is 25.2 Å². The molecular weight excluding hydrogens is 84.1 g/mol. The Kier molecular flexibility index (Phi) is 5.07. The Morgan fingerprint density at radius 2 is 2.29 bits per heavy atom. The molecule has 0 atom stereocenters. The Morgan fingerprint density at radius 3 is 2.71 bits per heavy atom. The minimum absolute atomic E-state index is 1.07. The molecule has 0 aromatic carbocycles. The van der Waals surface area contributed by atoms with Crippen LogP contribution in [0.1, 0.15) is 20.3 Å². The van der Waals surface area contributed by atoms with Crippen molar-refractivity contribution in [3.05, 3.63) is 24.3 Å². The molecule has 1 radical (unpaired) electrons. The van der Waals surface area contributed by atoms with Crippen LogP contribution >= 0.6 is 0 Å². The third-order valence-corrected chi connectivity index (χ3v) is 0.585. The van der Waals surface area contributed by atoms with Gasteiger partial charge in [-0.15, -0.1) is 0 Å². The van der Waals surface area contributed by atoms with Crippen LogP contribution in [0.25, 0.3) is 0 Å². The average molecular weight is 95.2 g/mol. The summed E-state index contributed by atoms with van der Waals surface area (Å²) in [6, 6.07) is 0. The number of hydrogen-bond donors (Lipinski definition) is 0. The van der Waals surface area contributed by atoms with Crippen LogP contribution in [-0.4, -0.2) is 0 Å². The molecule has 0 spiro atoms. The van der Waals surface area contributed by atoms with Gasteiger partial charge < -0.3 is 0 Å². The van der Waals surface area contributed by atoms with Gasteiger partial charge in [-0.25, -0.2) is 0 Å². The van der Waals surface area contributed by atoms with Crippen molar-refractivity contribution in [3.63, 3.8) is 0 Å². The standard InChI is InChI=1S/C7H11/c1-3-5-7-6-4-2/h3,5-6H,4H2,1-2H3. The molecule has 0 aliphatic carbocycles. The van der Waals surface area contributed by atoms with E-state index in [9.17, 15) is 0 Å². The molecule has 0 N–H and O–H groups in total. The van der Waals surface area contributed by atoms with Crippen molar-refractivity contribution in [1.82, 2.24) is 0 Å². The quantitative estimate of drug-likeness (QED) is 0.462. The van der Waals surface area contributed by atoms with Crippen LogP contribution in [0.15, 0.2) is 18.2 Å². The molecule has 0 aliphatic heterocycles. The minimum atomic E-state index is 1.07. The summed E-state index contributed by atoms with van der Waals surface area (Å²) in [7, 11) is 0. The molecule has 0 saturated heterocycles. The zero-order chi connectivity index (χ0) is 5.54. The van der Waals surface area contributed by atoms with Gasteiger partial charge in [0, 0.05) is 0 Å². The predicted octanol–water partition coefficient (Wildman–Crippen LogP) is 2.33. The van der Waals surface area contributed by atoms with Crippen molar-refractivity contribution in [2.45, 2.75) is 20.3 Å². The van der Waals surface area contributed by atoms with E-state index in [1.165, 1.54) is 0 Å². The summed E-state index contributed by atoms with van der Waals surface area (Å²) in [6.45, 7) is 4.08. The van der Waals surface area contributed by atoms with Crippen LogP contribution in [-0.2, 0) is 0 Å². The maximum Gasteiger partial charge on any atom is -0.0231 e. The van der Waals surface area contributed by atoms with E-state index in [0.717, 1.165) is 6.42 Å². The van der Waals surface area contributed by atoms with Crippen LogP contribution in [0.5, 0.6) is 0 Å². The van der Waals surface area contributed by atoms with E-state index in [1.807, 2.05) is 25.2 Å². The lowest BCUT2D eigenvalue weighted by Gasteiger charge is -1.69. The Labute approximate surface area is 45.5 Å². The molecular formula is C7H11. The van der Waals surface area contributed by atoms with Crippen LogP contribution < -0.4 is 0 Å². The van der Waals surface area contributed by atoms with Crippen molar-refractivity contribution < 1.29 is 0 Å². The molecule has 0 heterocycles. The molecule has 0 saturated carbocycles. The van der Waals surface area contributed by atoms with Crippen molar-refractivity contribution >= 4 is 0 Å². The molecule has 0 bridgehead atoms. The molecule has 0 heteroatoms. The van der Waals surface area contributed by atoms with E-state index in [2.05, 4.69) is 13.0 Å². The van der Waals surface area contributed by atoms with Gasteiger partial charge in [0.1, 0.15) is 0 Å². The predicted molar refractivity (Wildman–Crippen MR) is 32.9 cm³/mol. The number of hydrogen-bond acceptors (Lipinski definition) is 0. The smallest absolute Gasteiger partial charge is 0.0231 e. The zero-order valence-corrected chi connectivity index (χ0v) is 4.94. The fraction of sp³-hybridized carbons (Fsp3) is 0.429. The second-order valence-electron chi connectivity index (χ2n) is 1.28. The maximum atomic E-state index is 2.98. The van der Waals surface area contributed by atoms with Crippen LogP contribution in [0, 0.1) is 6.08 Å². The fourth-order valence-electron chi connectivity index (χ4n) is 0.282. The van der Waals surface area contributed by atoms with Crippen molar-refractivity contribution in [2.24, 2.45) is 0 Å². The summed E-state index contributed by atoms with van der Waals surface area (Å²) in [6.07, 6.45) is 9.92. The van der Waals surface area contributed by atoms with Gasteiger partial charge >= 0.3 is 0 Å². The molecule has 0 fully saturated rings. The first-order chi connectivity index (χ1) is 3.41. The highest BCUT2D eigenvalue weighted by atomic mass is 13.6. The first kappa shape index (κ1) is 6.48. The monoisotopic (exact) mass is 95.1 g/mol. The number of rotatable bonds is 2. The molecule has 0 aliphatic rings. The summed E-state index contributed by atoms with van der Waals surface area (Å²) < 4.78 is 0. The Hall–Kier alpha value is -0.520. The highest BCUT2D eigenvalue weighted by molar-refractivity contribution is 4.92. The highest BCUT2D eigenvalue weighted by Crippen LogP contribution is 1.77. The van der Waals surface area contributed by atoms with Gasteiger partial charge in [-0.05, 0) is 19.4 Å². The van der Waals surface area contributed by atoms with E-state index in [-0.39, 0.29) is 0 Å². The van der Waals surface area contributed by atoms with E-state index < -0.39 is 0 Å². The van der Waals surface area contributed by atoms with Gasteiger partial charge in [-0.3, -0.25) is 0 Å². The Morgan fingerprint density at radius 1 is 1.57 bits per heavy atom. The molecule has 0 nitrogen and oxygen atoms in total. The van der Waals surface area contributed by atoms with Crippen LogP contribution in [0.3, 0.4) is 0 Å². The minimum Gasteiger partial charge on any atom is -0.0871 e. The largest absolute Gasteiger partial charge is 0.0871 e. The normalized spacial score (nSPS) is 11.7. The summed E-state index contributed by atoms with van der Waals surface area (Å²) in [5.74, 6) is 0. The van der Waals surface area contributed by atoms with Crippen molar-refractivity contribution in [3.8, 4) is 0 Å². The third-order valence-electron chi connectivity index (χ3n) is 0.585. The third kappa shape index (κ3) is 5.48. The van der Waals surface area contributed by atoms with Crippen molar-refractivity contribution in [1.29, 1.82) is 0 Å². The van der Waals surface area contributed by atoms with E-state index in [0.29, 0.717) is 0 Å². The van der Waals surface area contributed by atoms with Crippen LogP contribution in [0.4, 0.5) is 0 Å². The molecule has 0 unspecified atom stereocenters. The topological polar surface area (TPSA) is 0 Å². The summed E-state index contributed by atoms with van der Waals surface area (Å²) in [5, 5.41) is 0. The Bertz CT molecular complexity index is 68.1. The zero-order valence-electron chi connectivity index (χ0n) is 4.94. The average Bonchev–Trinajstić information content (AvgIpc) is 1.69. The lowest BCUT2D eigenvalue weighted by Crippen LogP contribution is -1.50. The number of allylic oxidation sites excluding steroid dienone is 4. The Balaban J connectivity index is 3.09. The van der Waals surface area contributed by atoms with Crippen molar-refractivity contribution in [2.75, 3.05) is 0 Å². The second-order valence-corrected chi connectivity index (χ2v) is 1.28. The first-order valence-corrected chi connectivity index (χ1v) is 2.60. The fourth-order valence-corrected chi connectivity index (χ4v) is 0.282. The van der Waals surface area contributed by atoms with Gasteiger partial charge in [0.15, 0.2) is 0 Å². The molecule has 39 valence electrons. The molecule has 0 amide bonds. The summed E-state index contributed by atoms with van der Waals surface area (Å²) in [5.41, 5.74) is 0. The van der Waals surface area contributed by atoms with E-state index in [1.54, 1.807) is 0 Å². The van der Waals surface area contributed by atoms with Crippen LogP contribution in [0.2, 0.25) is 0 Å². The SMILES string of the molecule is CC=C/[C]=C/CC. The van der Waals surface area contributed by atoms with E-state index >= 15 is 0 Å². The maximum absolute atomic E-state index is 2.98. The molecule has 7 heavy (non-hydrogen) atoms. The lowest BCUT2D eigenvalue weighted by molar-refractivity contribution is 1.22. The van der Waals surface area contributed by atoms with Gasteiger partial charge in [-0.2, -0.15) is 0 Å². The first-order valence-electron chi connectivity index (χ1n) is 2.60. The van der Waals surface area contributed by atoms with Gasteiger partial charge in [0.2, 0.25) is 0 Å². The van der Waals surface area contributed by atoms with Gasteiger partial charge in [0.05, 0.1) is 0 Å². The molecule has 0 aromatic heterocycles. The second kappa shape index (κ2) is 5.48. The summed E-state index contributed by atoms with van der Waals surface area (Å²) in [4.78, 5) is 0. The van der Waals surface area contributed by atoms with Gasteiger partial charge in [0.25, 0.3) is 0 Å². The highest BCUT2D eigenvalue weighted by Gasteiger charge is 1.59. The lowest BCUT2D eigenvalue weighted by atomic mass is 10.4. The molecule has 0 rings (SSSR count). The summed E-state index contributed by atoms with van der Waals surface area (Å²) >= 11 is 0. The molecule has 0 aromatic rings. The van der Waals surface area contributed by atoms with E-state index in [4.69, 9.17) is 0 Å².